The standard InChI is InChI=1S/C25H19FN2O3/c1-15(16-6-9-18(26)10-7-16)27-25(29)20-13-22(28-21-5-3-2-4-19(20)21)17-8-11-23-24(12-17)31-14-30-23/h2-13,15H,14H2,1H3,(H,27,29)/t15-/m1/s1. The average Bonchev–Trinajstić information content (AvgIpc) is 3.26. The summed E-state index contributed by atoms with van der Waals surface area (Å²) in [6, 6.07) is 20.7. The number of aromatic nitrogens is 1. The van der Waals surface area contributed by atoms with Crippen LogP contribution in [0.1, 0.15) is 28.9 Å². The van der Waals surface area contributed by atoms with E-state index in [4.69, 9.17) is 14.5 Å². The Kier molecular flexibility index (Phi) is 4.75. The third kappa shape index (κ3) is 3.68. The first-order valence-corrected chi connectivity index (χ1v) is 9.94. The lowest BCUT2D eigenvalue weighted by Gasteiger charge is -2.16. The molecule has 0 bridgehead atoms. The maximum Gasteiger partial charge on any atom is 0.252 e. The normalized spacial score (nSPS) is 13.2. The highest BCUT2D eigenvalue weighted by atomic mass is 19.1. The Morgan fingerprint density at radius 1 is 1.00 bits per heavy atom. The number of nitrogens with one attached hydrogen (secondary N) is 1. The number of benzene rings is 3. The van der Waals surface area contributed by atoms with Crippen molar-refractivity contribution in [2.24, 2.45) is 0 Å². The number of hydrogen-bond acceptors (Lipinski definition) is 4. The highest BCUT2D eigenvalue weighted by Crippen LogP contribution is 2.36. The fourth-order valence-corrected chi connectivity index (χ4v) is 3.68. The zero-order chi connectivity index (χ0) is 21.4. The third-order valence-corrected chi connectivity index (χ3v) is 5.35. The zero-order valence-electron chi connectivity index (χ0n) is 16.8. The van der Waals surface area contributed by atoms with E-state index in [0.717, 1.165) is 22.0 Å². The minimum atomic E-state index is -0.309. The maximum atomic E-state index is 13.2. The molecule has 5 rings (SSSR count). The van der Waals surface area contributed by atoms with E-state index in [9.17, 15) is 9.18 Å². The van der Waals surface area contributed by atoms with E-state index in [2.05, 4.69) is 5.32 Å². The Bertz CT molecular complexity index is 1290. The average molecular weight is 414 g/mol. The van der Waals surface area contributed by atoms with Crippen LogP contribution in [0.5, 0.6) is 11.5 Å². The molecule has 0 spiro atoms. The fraction of sp³-hybridized carbons (Fsp3) is 0.120. The molecule has 0 saturated heterocycles. The molecule has 31 heavy (non-hydrogen) atoms. The summed E-state index contributed by atoms with van der Waals surface area (Å²) in [5, 5.41) is 3.77. The maximum absolute atomic E-state index is 13.2. The van der Waals surface area contributed by atoms with Crippen molar-refractivity contribution in [1.29, 1.82) is 0 Å². The van der Waals surface area contributed by atoms with Gasteiger partial charge in [0.15, 0.2) is 11.5 Å². The number of hydrogen-bond donors (Lipinski definition) is 1. The number of pyridine rings is 1. The second kappa shape index (κ2) is 7.72. The van der Waals surface area contributed by atoms with E-state index in [0.29, 0.717) is 22.8 Å². The largest absolute Gasteiger partial charge is 0.454 e. The number of fused-ring (bicyclic) bond motifs is 2. The lowest BCUT2D eigenvalue weighted by atomic mass is 10.0. The van der Waals surface area contributed by atoms with Crippen LogP contribution in [0.4, 0.5) is 4.39 Å². The second-order valence-corrected chi connectivity index (χ2v) is 7.39. The van der Waals surface area contributed by atoms with E-state index < -0.39 is 0 Å². The van der Waals surface area contributed by atoms with Gasteiger partial charge in [-0.05, 0) is 55.0 Å². The third-order valence-electron chi connectivity index (χ3n) is 5.35. The molecule has 0 aliphatic carbocycles. The van der Waals surface area contributed by atoms with Crippen molar-refractivity contribution in [2.75, 3.05) is 6.79 Å². The molecule has 1 aliphatic heterocycles. The monoisotopic (exact) mass is 414 g/mol. The minimum Gasteiger partial charge on any atom is -0.454 e. The number of ether oxygens (including phenoxy) is 2. The van der Waals surface area contributed by atoms with Gasteiger partial charge in [-0.2, -0.15) is 0 Å². The van der Waals surface area contributed by atoms with Crippen LogP contribution in [-0.2, 0) is 0 Å². The van der Waals surface area contributed by atoms with Gasteiger partial charge in [0.2, 0.25) is 6.79 Å². The van der Waals surface area contributed by atoms with E-state index >= 15 is 0 Å². The van der Waals surface area contributed by atoms with Crippen LogP contribution in [0, 0.1) is 5.82 Å². The van der Waals surface area contributed by atoms with Gasteiger partial charge in [-0.15, -0.1) is 0 Å². The quantitative estimate of drug-likeness (QED) is 0.495. The molecule has 3 aromatic carbocycles. The number of carbonyl (C=O) groups is 1. The van der Waals surface area contributed by atoms with Crippen molar-refractivity contribution < 1.29 is 18.7 Å². The number of halogens is 1. The zero-order valence-corrected chi connectivity index (χ0v) is 16.8. The molecule has 0 saturated carbocycles. The molecule has 2 heterocycles. The molecule has 1 amide bonds. The van der Waals surface area contributed by atoms with Crippen molar-refractivity contribution in [3.05, 3.63) is 89.7 Å². The van der Waals surface area contributed by atoms with Gasteiger partial charge in [-0.1, -0.05) is 30.3 Å². The van der Waals surface area contributed by atoms with Crippen LogP contribution in [0.3, 0.4) is 0 Å². The Morgan fingerprint density at radius 2 is 1.77 bits per heavy atom. The predicted octanol–water partition coefficient (Wildman–Crippen LogP) is 5.26. The Morgan fingerprint density at radius 3 is 2.61 bits per heavy atom. The second-order valence-electron chi connectivity index (χ2n) is 7.39. The van der Waals surface area contributed by atoms with Crippen LogP contribution in [0.25, 0.3) is 22.2 Å². The first-order chi connectivity index (χ1) is 15.1. The summed E-state index contributed by atoms with van der Waals surface area (Å²) < 4.78 is 24.1. The summed E-state index contributed by atoms with van der Waals surface area (Å²) in [5.41, 5.74) is 3.56. The van der Waals surface area contributed by atoms with Crippen LogP contribution >= 0.6 is 0 Å². The molecule has 0 radical (unpaired) electrons. The highest BCUT2D eigenvalue weighted by molar-refractivity contribution is 6.07. The van der Waals surface area contributed by atoms with Gasteiger partial charge in [0.1, 0.15) is 5.82 Å². The van der Waals surface area contributed by atoms with Gasteiger partial charge in [0.05, 0.1) is 22.8 Å². The van der Waals surface area contributed by atoms with Crippen LogP contribution < -0.4 is 14.8 Å². The smallest absolute Gasteiger partial charge is 0.252 e. The Labute approximate surface area is 178 Å². The summed E-state index contributed by atoms with van der Waals surface area (Å²) in [6.07, 6.45) is 0. The molecule has 5 nitrogen and oxygen atoms in total. The SMILES string of the molecule is C[C@@H](NC(=O)c1cc(-c2ccc3c(c2)OCO3)nc2ccccc12)c1ccc(F)cc1. The number of para-hydroxylation sites is 1. The molecular formula is C25H19FN2O3. The van der Waals surface area contributed by atoms with Crippen molar-refractivity contribution in [1.82, 2.24) is 10.3 Å². The lowest BCUT2D eigenvalue weighted by molar-refractivity contribution is 0.0941. The number of amides is 1. The lowest BCUT2D eigenvalue weighted by Crippen LogP contribution is -2.27. The van der Waals surface area contributed by atoms with Crippen molar-refractivity contribution in [2.45, 2.75) is 13.0 Å². The summed E-state index contributed by atoms with van der Waals surface area (Å²) >= 11 is 0. The van der Waals surface area contributed by atoms with Crippen LogP contribution in [0.2, 0.25) is 0 Å². The molecule has 1 aromatic heterocycles. The van der Waals surface area contributed by atoms with Gasteiger partial charge in [-0.25, -0.2) is 9.37 Å². The molecule has 154 valence electrons. The van der Waals surface area contributed by atoms with Gasteiger partial charge < -0.3 is 14.8 Å². The summed E-state index contributed by atoms with van der Waals surface area (Å²) in [5.74, 6) is 0.812. The number of carbonyl (C=O) groups excluding carboxylic acids is 1. The van der Waals surface area contributed by atoms with Gasteiger partial charge in [0.25, 0.3) is 5.91 Å². The van der Waals surface area contributed by atoms with Crippen LogP contribution in [0.15, 0.2) is 72.8 Å². The summed E-state index contributed by atoms with van der Waals surface area (Å²) in [4.78, 5) is 18.0. The highest BCUT2D eigenvalue weighted by Gasteiger charge is 2.19. The van der Waals surface area contributed by atoms with Crippen LogP contribution in [-0.4, -0.2) is 17.7 Å². The predicted molar refractivity (Wildman–Crippen MR) is 116 cm³/mol. The number of nitrogens with zero attached hydrogens (tertiary/aromatic N) is 1. The molecular weight excluding hydrogens is 395 g/mol. The summed E-state index contributed by atoms with van der Waals surface area (Å²) in [6.45, 7) is 2.06. The Balaban J connectivity index is 1.53. The minimum absolute atomic E-state index is 0.193. The van der Waals surface area contributed by atoms with E-state index in [1.807, 2.05) is 49.4 Å². The first kappa shape index (κ1) is 19.1. The molecule has 0 unspecified atom stereocenters. The van der Waals surface area contributed by atoms with Crippen molar-refractivity contribution >= 4 is 16.8 Å². The molecule has 1 aliphatic rings. The first-order valence-electron chi connectivity index (χ1n) is 9.94. The van der Waals surface area contributed by atoms with Crippen molar-refractivity contribution in [3.63, 3.8) is 0 Å². The van der Waals surface area contributed by atoms with Crippen molar-refractivity contribution in [3.8, 4) is 22.8 Å². The van der Waals surface area contributed by atoms with E-state index in [1.165, 1.54) is 12.1 Å². The molecule has 1 N–H and O–H groups in total. The van der Waals surface area contributed by atoms with E-state index in [1.54, 1.807) is 18.2 Å². The van der Waals surface area contributed by atoms with Gasteiger partial charge >= 0.3 is 0 Å². The number of rotatable bonds is 4. The summed E-state index contributed by atoms with van der Waals surface area (Å²) in [7, 11) is 0. The van der Waals surface area contributed by atoms with E-state index in [-0.39, 0.29) is 24.6 Å². The molecule has 1 atom stereocenters. The topological polar surface area (TPSA) is 60.5 Å². The van der Waals surface area contributed by atoms with Gasteiger partial charge in [-0.3, -0.25) is 4.79 Å². The molecule has 0 fully saturated rings. The fourth-order valence-electron chi connectivity index (χ4n) is 3.68. The molecule has 4 aromatic rings. The molecule has 6 heteroatoms. The van der Waals surface area contributed by atoms with Gasteiger partial charge in [0, 0.05) is 10.9 Å². The Hall–Kier alpha value is -3.93.